The molecule has 0 fully saturated rings. The van der Waals surface area contributed by atoms with E-state index in [2.05, 4.69) is 35.8 Å². The van der Waals surface area contributed by atoms with Crippen molar-refractivity contribution in [3.05, 3.63) is 34.9 Å². The van der Waals surface area contributed by atoms with Crippen molar-refractivity contribution in [3.8, 4) is 0 Å². The first kappa shape index (κ1) is 15.0. The summed E-state index contributed by atoms with van der Waals surface area (Å²) in [5, 5.41) is 6.30. The number of methoxy groups -OCH3 is 1. The average molecular weight is 276 g/mol. The molecule has 0 aliphatic heterocycles. The lowest BCUT2D eigenvalue weighted by molar-refractivity contribution is -0.123. The molecule has 110 valence electrons. The van der Waals surface area contributed by atoms with Gasteiger partial charge in [0.1, 0.15) is 0 Å². The number of carbonyl (C=O) groups excluding carboxylic acids is 1. The van der Waals surface area contributed by atoms with Gasteiger partial charge in [-0.25, -0.2) is 0 Å². The third-order valence-corrected chi connectivity index (χ3v) is 3.83. The van der Waals surface area contributed by atoms with Crippen molar-refractivity contribution < 1.29 is 9.53 Å². The highest BCUT2D eigenvalue weighted by Gasteiger charge is 2.25. The molecule has 0 bridgehead atoms. The van der Waals surface area contributed by atoms with Crippen LogP contribution in [0.5, 0.6) is 0 Å². The van der Waals surface area contributed by atoms with Crippen LogP contribution < -0.4 is 10.6 Å². The van der Waals surface area contributed by atoms with Crippen LogP contribution in [-0.2, 0) is 16.0 Å². The third kappa shape index (κ3) is 3.58. The molecule has 0 heterocycles. The van der Waals surface area contributed by atoms with Gasteiger partial charge in [0.05, 0.1) is 12.6 Å². The Balaban J connectivity index is 1.92. The molecule has 4 heteroatoms. The minimum atomic E-state index is -0.191. The second kappa shape index (κ2) is 6.86. The Morgan fingerprint density at radius 1 is 1.50 bits per heavy atom. The van der Waals surface area contributed by atoms with Crippen molar-refractivity contribution in [1.29, 1.82) is 0 Å². The van der Waals surface area contributed by atoms with Crippen LogP contribution in [0.4, 0.5) is 0 Å². The molecule has 1 amide bonds. The fourth-order valence-electron chi connectivity index (χ4n) is 2.70. The molecule has 2 rings (SSSR count). The number of ether oxygens (including phenoxy) is 1. The van der Waals surface area contributed by atoms with E-state index in [9.17, 15) is 4.79 Å². The number of hydrogen-bond acceptors (Lipinski definition) is 3. The van der Waals surface area contributed by atoms with E-state index in [-0.39, 0.29) is 18.0 Å². The summed E-state index contributed by atoms with van der Waals surface area (Å²) in [6.07, 6.45) is 2.15. The molecule has 0 saturated heterocycles. The van der Waals surface area contributed by atoms with Gasteiger partial charge in [-0.15, -0.1) is 0 Å². The summed E-state index contributed by atoms with van der Waals surface area (Å²) in [6.45, 7) is 5.12. The quantitative estimate of drug-likeness (QED) is 0.778. The normalized spacial score (nSPS) is 18.6. The summed E-state index contributed by atoms with van der Waals surface area (Å²) >= 11 is 0. The lowest BCUT2D eigenvalue weighted by atomic mass is 10.0. The summed E-state index contributed by atoms with van der Waals surface area (Å²) in [5.41, 5.74) is 4.02. The summed E-state index contributed by atoms with van der Waals surface area (Å²) in [7, 11) is 1.63. The zero-order valence-corrected chi connectivity index (χ0v) is 12.5. The average Bonchev–Trinajstić information content (AvgIpc) is 2.81. The maximum atomic E-state index is 12.0. The second-order valence-corrected chi connectivity index (χ2v) is 5.47. The Morgan fingerprint density at radius 3 is 3.05 bits per heavy atom. The molecule has 1 aromatic rings. The molecule has 1 aliphatic carbocycles. The first-order valence-electron chi connectivity index (χ1n) is 7.24. The number of nitrogens with one attached hydrogen (secondary N) is 2. The molecule has 20 heavy (non-hydrogen) atoms. The van der Waals surface area contributed by atoms with E-state index in [1.54, 1.807) is 7.11 Å². The van der Waals surface area contributed by atoms with Crippen molar-refractivity contribution in [2.75, 3.05) is 20.3 Å². The molecule has 1 aromatic carbocycles. The molecular formula is C16H24N2O2. The van der Waals surface area contributed by atoms with E-state index < -0.39 is 0 Å². The summed E-state index contributed by atoms with van der Waals surface area (Å²) in [5.74, 6) is 0.0307. The molecule has 0 aromatic heterocycles. The summed E-state index contributed by atoms with van der Waals surface area (Å²) in [4.78, 5) is 12.0. The van der Waals surface area contributed by atoms with E-state index in [0.29, 0.717) is 13.2 Å². The van der Waals surface area contributed by atoms with Crippen LogP contribution >= 0.6 is 0 Å². The molecule has 4 nitrogen and oxygen atoms in total. The number of rotatable bonds is 6. The van der Waals surface area contributed by atoms with Crippen LogP contribution in [-0.4, -0.2) is 32.2 Å². The van der Waals surface area contributed by atoms with Gasteiger partial charge in [-0.3, -0.25) is 10.1 Å². The van der Waals surface area contributed by atoms with Crippen LogP contribution in [0, 0.1) is 6.92 Å². The van der Waals surface area contributed by atoms with Crippen LogP contribution in [0.25, 0.3) is 0 Å². The lowest BCUT2D eigenvalue weighted by Crippen LogP contribution is -2.44. The molecule has 0 saturated carbocycles. The van der Waals surface area contributed by atoms with Gasteiger partial charge in [0.2, 0.25) is 5.91 Å². The van der Waals surface area contributed by atoms with Crippen molar-refractivity contribution in [2.45, 2.75) is 38.8 Å². The minimum absolute atomic E-state index is 0.0307. The molecule has 2 unspecified atom stereocenters. The summed E-state index contributed by atoms with van der Waals surface area (Å²) < 4.78 is 4.93. The molecule has 1 aliphatic rings. The minimum Gasteiger partial charge on any atom is -0.383 e. The van der Waals surface area contributed by atoms with Gasteiger partial charge >= 0.3 is 0 Å². The monoisotopic (exact) mass is 276 g/mol. The Hall–Kier alpha value is -1.39. The van der Waals surface area contributed by atoms with Gasteiger partial charge < -0.3 is 10.1 Å². The van der Waals surface area contributed by atoms with Crippen LogP contribution in [0.3, 0.4) is 0 Å². The largest absolute Gasteiger partial charge is 0.383 e. The van der Waals surface area contributed by atoms with Gasteiger partial charge in [-0.1, -0.05) is 23.8 Å². The Labute approximate surface area is 120 Å². The van der Waals surface area contributed by atoms with Crippen LogP contribution in [0.2, 0.25) is 0 Å². The molecule has 2 atom stereocenters. The lowest BCUT2D eigenvalue weighted by Gasteiger charge is -2.20. The Bertz CT molecular complexity index is 474. The van der Waals surface area contributed by atoms with E-state index in [1.807, 2.05) is 6.92 Å². The van der Waals surface area contributed by atoms with Gasteiger partial charge in [0, 0.05) is 19.7 Å². The van der Waals surface area contributed by atoms with Gasteiger partial charge in [-0.05, 0) is 37.8 Å². The van der Waals surface area contributed by atoms with Gasteiger partial charge in [-0.2, -0.15) is 0 Å². The second-order valence-electron chi connectivity index (χ2n) is 5.47. The van der Waals surface area contributed by atoms with Crippen molar-refractivity contribution in [2.24, 2.45) is 0 Å². The first-order chi connectivity index (χ1) is 9.61. The Morgan fingerprint density at radius 2 is 2.30 bits per heavy atom. The fraction of sp³-hybridized carbons (Fsp3) is 0.562. The standard InChI is InChI=1S/C16H24N2O2/c1-11-4-5-13-6-7-15(14(13)10-11)18-12(2)16(19)17-8-9-20-3/h4-5,10,12,15,18H,6-9H2,1-3H3,(H,17,19). The highest BCUT2D eigenvalue weighted by Crippen LogP contribution is 2.31. The van der Waals surface area contributed by atoms with E-state index in [4.69, 9.17) is 4.74 Å². The van der Waals surface area contributed by atoms with Crippen molar-refractivity contribution in [1.82, 2.24) is 10.6 Å². The smallest absolute Gasteiger partial charge is 0.236 e. The Kier molecular flexibility index (Phi) is 5.15. The van der Waals surface area contributed by atoms with Crippen molar-refractivity contribution >= 4 is 5.91 Å². The highest BCUT2D eigenvalue weighted by molar-refractivity contribution is 5.81. The highest BCUT2D eigenvalue weighted by atomic mass is 16.5. The molecule has 2 N–H and O–H groups in total. The first-order valence-corrected chi connectivity index (χ1v) is 7.24. The maximum Gasteiger partial charge on any atom is 0.236 e. The van der Waals surface area contributed by atoms with Crippen LogP contribution in [0.15, 0.2) is 18.2 Å². The zero-order chi connectivity index (χ0) is 14.5. The number of benzene rings is 1. The van der Waals surface area contributed by atoms with E-state index in [1.165, 1.54) is 16.7 Å². The SMILES string of the molecule is COCCNC(=O)C(C)NC1CCc2ccc(C)cc21. The van der Waals surface area contributed by atoms with E-state index in [0.717, 1.165) is 12.8 Å². The number of carbonyl (C=O) groups is 1. The number of aryl methyl sites for hydroxylation is 2. The predicted molar refractivity (Wildman–Crippen MR) is 79.7 cm³/mol. The molecule has 0 spiro atoms. The number of amides is 1. The summed E-state index contributed by atoms with van der Waals surface area (Å²) in [6, 6.07) is 6.68. The molecule has 0 radical (unpaired) electrons. The van der Waals surface area contributed by atoms with Crippen molar-refractivity contribution in [3.63, 3.8) is 0 Å². The third-order valence-electron chi connectivity index (χ3n) is 3.83. The topological polar surface area (TPSA) is 50.4 Å². The number of fused-ring (bicyclic) bond motifs is 1. The zero-order valence-electron chi connectivity index (χ0n) is 12.5. The van der Waals surface area contributed by atoms with E-state index >= 15 is 0 Å². The molecular weight excluding hydrogens is 252 g/mol. The maximum absolute atomic E-state index is 12.0. The number of hydrogen-bond donors (Lipinski definition) is 2. The predicted octanol–water partition coefficient (Wildman–Crippen LogP) is 1.72. The van der Waals surface area contributed by atoms with Crippen LogP contribution in [0.1, 0.15) is 36.1 Å². The fourth-order valence-corrected chi connectivity index (χ4v) is 2.70. The van der Waals surface area contributed by atoms with Gasteiger partial charge in [0.25, 0.3) is 0 Å². The van der Waals surface area contributed by atoms with Gasteiger partial charge in [0.15, 0.2) is 0 Å².